The summed E-state index contributed by atoms with van der Waals surface area (Å²) in [4.78, 5) is 12.0. The third-order valence-corrected chi connectivity index (χ3v) is 3.72. The molecule has 3 heteroatoms. The average molecular weight is 314 g/mol. The third kappa shape index (κ3) is 4.47. The van der Waals surface area contributed by atoms with Crippen molar-refractivity contribution in [2.75, 3.05) is 5.32 Å². The van der Waals surface area contributed by atoms with Crippen LogP contribution < -0.4 is 5.32 Å². The summed E-state index contributed by atoms with van der Waals surface area (Å²) in [7, 11) is 0. The minimum absolute atomic E-state index is 0.168. The van der Waals surface area contributed by atoms with E-state index in [1.54, 1.807) is 18.2 Å². The number of hydrogen-bond acceptors (Lipinski definition) is 1. The predicted octanol–water partition coefficient (Wildman–Crippen LogP) is 5.42. The van der Waals surface area contributed by atoms with Crippen molar-refractivity contribution in [1.82, 2.24) is 0 Å². The van der Waals surface area contributed by atoms with E-state index in [4.69, 9.17) is 11.6 Å². The number of amides is 1. The zero-order chi connectivity index (χ0) is 16.1. The van der Waals surface area contributed by atoms with Gasteiger partial charge in [0.05, 0.1) is 0 Å². The first kappa shape index (κ1) is 16.3. The van der Waals surface area contributed by atoms with Gasteiger partial charge in [-0.2, -0.15) is 0 Å². The second kappa shape index (κ2) is 7.28. The fourth-order valence-corrected chi connectivity index (χ4v) is 2.24. The highest BCUT2D eigenvalue weighted by Gasteiger charge is 2.03. The number of hydrogen-bond donors (Lipinski definition) is 1. The summed E-state index contributed by atoms with van der Waals surface area (Å²) >= 11 is 5.94. The van der Waals surface area contributed by atoms with Crippen molar-refractivity contribution in [2.24, 2.45) is 0 Å². The molecule has 1 N–H and O–H groups in total. The van der Waals surface area contributed by atoms with Crippen LogP contribution in [0, 0.1) is 6.92 Å². The van der Waals surface area contributed by atoms with E-state index in [-0.39, 0.29) is 5.91 Å². The Morgan fingerprint density at radius 3 is 2.45 bits per heavy atom. The van der Waals surface area contributed by atoms with Crippen LogP contribution in [0.5, 0.6) is 0 Å². The molecular weight excluding hydrogens is 294 g/mol. The number of benzene rings is 2. The summed E-state index contributed by atoms with van der Waals surface area (Å²) < 4.78 is 0. The summed E-state index contributed by atoms with van der Waals surface area (Å²) in [6, 6.07) is 13.6. The number of aryl methyl sites for hydroxylation is 1. The predicted molar refractivity (Wildman–Crippen MR) is 94.4 cm³/mol. The SMILES string of the molecule is Cc1ccc(Cl)cc1NC(=O)/C=C/c1ccc(C(C)C)cc1. The van der Waals surface area contributed by atoms with Crippen LogP contribution in [0.2, 0.25) is 5.02 Å². The summed E-state index contributed by atoms with van der Waals surface area (Å²) in [6.07, 6.45) is 3.34. The van der Waals surface area contributed by atoms with E-state index in [0.717, 1.165) is 16.8 Å². The molecule has 0 saturated heterocycles. The molecule has 0 heterocycles. The van der Waals surface area contributed by atoms with Crippen molar-refractivity contribution in [3.8, 4) is 0 Å². The topological polar surface area (TPSA) is 29.1 Å². The van der Waals surface area contributed by atoms with E-state index < -0.39 is 0 Å². The van der Waals surface area contributed by atoms with Crippen LogP contribution in [0.25, 0.3) is 6.08 Å². The molecule has 1 amide bonds. The lowest BCUT2D eigenvalue weighted by atomic mass is 10.0. The molecule has 114 valence electrons. The van der Waals surface area contributed by atoms with Crippen molar-refractivity contribution >= 4 is 29.3 Å². The lowest BCUT2D eigenvalue weighted by Crippen LogP contribution is -2.08. The minimum Gasteiger partial charge on any atom is -0.322 e. The Morgan fingerprint density at radius 2 is 1.82 bits per heavy atom. The van der Waals surface area contributed by atoms with Crippen LogP contribution in [0.15, 0.2) is 48.5 Å². The standard InChI is InChI=1S/C19H20ClNO/c1-13(2)16-8-5-15(6-9-16)7-11-19(22)21-18-12-17(20)10-4-14(18)3/h4-13H,1-3H3,(H,21,22)/b11-7+. The van der Waals surface area contributed by atoms with Gasteiger partial charge in [0.2, 0.25) is 5.91 Å². The van der Waals surface area contributed by atoms with E-state index in [1.807, 2.05) is 25.1 Å². The molecule has 0 saturated carbocycles. The Kier molecular flexibility index (Phi) is 5.40. The fourth-order valence-electron chi connectivity index (χ4n) is 2.07. The van der Waals surface area contributed by atoms with Crippen LogP contribution in [0.1, 0.15) is 36.5 Å². The highest BCUT2D eigenvalue weighted by Crippen LogP contribution is 2.20. The Labute approximate surface area is 136 Å². The second-order valence-corrected chi connectivity index (χ2v) is 6.04. The highest BCUT2D eigenvalue weighted by molar-refractivity contribution is 6.31. The maximum Gasteiger partial charge on any atom is 0.248 e. The van der Waals surface area contributed by atoms with Crippen molar-refractivity contribution in [3.63, 3.8) is 0 Å². The molecular formula is C19H20ClNO. The molecule has 2 nitrogen and oxygen atoms in total. The lowest BCUT2D eigenvalue weighted by molar-refractivity contribution is -0.111. The maximum absolute atomic E-state index is 12.0. The van der Waals surface area contributed by atoms with Crippen molar-refractivity contribution in [2.45, 2.75) is 26.7 Å². The van der Waals surface area contributed by atoms with Gasteiger partial charge in [-0.25, -0.2) is 0 Å². The normalized spacial score (nSPS) is 11.1. The Bertz CT molecular complexity index is 687. The first-order valence-corrected chi connectivity index (χ1v) is 7.68. The van der Waals surface area contributed by atoms with E-state index in [2.05, 4.69) is 31.3 Å². The molecule has 0 bridgehead atoms. The van der Waals surface area contributed by atoms with Crippen molar-refractivity contribution in [1.29, 1.82) is 0 Å². The van der Waals surface area contributed by atoms with Gasteiger partial charge in [0.1, 0.15) is 0 Å². The molecule has 2 rings (SSSR count). The van der Waals surface area contributed by atoms with E-state index in [0.29, 0.717) is 10.9 Å². The number of rotatable bonds is 4. The molecule has 0 radical (unpaired) electrons. The monoisotopic (exact) mass is 313 g/mol. The van der Waals surface area contributed by atoms with Gasteiger partial charge in [-0.05, 0) is 47.7 Å². The quantitative estimate of drug-likeness (QED) is 0.750. The van der Waals surface area contributed by atoms with Gasteiger partial charge in [-0.15, -0.1) is 0 Å². The van der Waals surface area contributed by atoms with Gasteiger partial charge in [0.25, 0.3) is 0 Å². The zero-order valence-corrected chi connectivity index (χ0v) is 13.8. The molecule has 0 aromatic heterocycles. The van der Waals surface area contributed by atoms with E-state index in [9.17, 15) is 4.79 Å². The zero-order valence-electron chi connectivity index (χ0n) is 13.1. The lowest BCUT2D eigenvalue weighted by Gasteiger charge is -2.07. The molecule has 0 unspecified atom stereocenters. The molecule has 0 aliphatic rings. The second-order valence-electron chi connectivity index (χ2n) is 5.60. The van der Waals surface area contributed by atoms with E-state index >= 15 is 0 Å². The Hall–Kier alpha value is -2.06. The van der Waals surface area contributed by atoms with Gasteiger partial charge < -0.3 is 5.32 Å². The molecule has 2 aromatic carbocycles. The molecule has 2 aromatic rings. The van der Waals surface area contributed by atoms with Gasteiger partial charge >= 0.3 is 0 Å². The summed E-state index contributed by atoms with van der Waals surface area (Å²) in [5, 5.41) is 3.45. The number of halogens is 1. The smallest absolute Gasteiger partial charge is 0.248 e. The largest absolute Gasteiger partial charge is 0.322 e. The summed E-state index contributed by atoms with van der Waals surface area (Å²) in [5.74, 6) is 0.338. The number of carbonyl (C=O) groups is 1. The van der Waals surface area contributed by atoms with Gasteiger partial charge in [-0.3, -0.25) is 4.79 Å². The van der Waals surface area contributed by atoms with Crippen LogP contribution in [0.4, 0.5) is 5.69 Å². The minimum atomic E-state index is -0.168. The van der Waals surface area contributed by atoms with Crippen LogP contribution >= 0.6 is 11.6 Å². The summed E-state index contributed by atoms with van der Waals surface area (Å²) in [5.41, 5.74) is 4.00. The molecule has 0 atom stereocenters. The first-order chi connectivity index (χ1) is 10.5. The fraction of sp³-hybridized carbons (Fsp3) is 0.211. The highest BCUT2D eigenvalue weighted by atomic mass is 35.5. The Morgan fingerprint density at radius 1 is 1.14 bits per heavy atom. The maximum atomic E-state index is 12.0. The first-order valence-electron chi connectivity index (χ1n) is 7.31. The number of nitrogens with one attached hydrogen (secondary N) is 1. The van der Waals surface area contributed by atoms with E-state index in [1.165, 1.54) is 11.6 Å². The third-order valence-electron chi connectivity index (χ3n) is 3.49. The van der Waals surface area contributed by atoms with Crippen molar-refractivity contribution in [3.05, 3.63) is 70.3 Å². The van der Waals surface area contributed by atoms with Crippen LogP contribution in [-0.4, -0.2) is 5.91 Å². The molecule has 22 heavy (non-hydrogen) atoms. The Balaban J connectivity index is 2.03. The summed E-state index contributed by atoms with van der Waals surface area (Å²) in [6.45, 7) is 6.25. The molecule has 0 aliphatic heterocycles. The average Bonchev–Trinajstić information content (AvgIpc) is 2.49. The molecule has 0 fully saturated rings. The van der Waals surface area contributed by atoms with Gasteiger partial charge in [0, 0.05) is 16.8 Å². The van der Waals surface area contributed by atoms with Gasteiger partial charge in [-0.1, -0.05) is 55.8 Å². The number of anilines is 1. The van der Waals surface area contributed by atoms with Gasteiger partial charge in [0.15, 0.2) is 0 Å². The number of carbonyl (C=O) groups excluding carboxylic acids is 1. The van der Waals surface area contributed by atoms with Crippen molar-refractivity contribution < 1.29 is 4.79 Å². The molecule has 0 aliphatic carbocycles. The molecule has 0 spiro atoms. The van der Waals surface area contributed by atoms with Crippen LogP contribution in [-0.2, 0) is 4.79 Å². The van der Waals surface area contributed by atoms with Crippen LogP contribution in [0.3, 0.4) is 0 Å².